The minimum atomic E-state index is -0.615. The zero-order valence-corrected chi connectivity index (χ0v) is 11.8. The van der Waals surface area contributed by atoms with Gasteiger partial charge in [-0.2, -0.15) is 4.68 Å². The van der Waals surface area contributed by atoms with Crippen LogP contribution < -0.4 is 5.32 Å². The average Bonchev–Trinajstić information content (AvgIpc) is 2.90. The fraction of sp³-hybridized carbons (Fsp3) is 0.583. The summed E-state index contributed by atoms with van der Waals surface area (Å²) >= 11 is 0. The maximum atomic E-state index is 11.6. The van der Waals surface area contributed by atoms with Crippen molar-refractivity contribution in [2.75, 3.05) is 13.7 Å². The van der Waals surface area contributed by atoms with Gasteiger partial charge in [-0.3, -0.25) is 9.59 Å². The van der Waals surface area contributed by atoms with E-state index in [2.05, 4.69) is 15.2 Å². The molecule has 1 aromatic heterocycles. The van der Waals surface area contributed by atoms with E-state index in [-0.39, 0.29) is 24.2 Å². The summed E-state index contributed by atoms with van der Waals surface area (Å²) in [6.07, 6.45) is 4.04. The van der Waals surface area contributed by atoms with Gasteiger partial charge in [0.05, 0.1) is 24.5 Å². The number of aromatic nitrogens is 2. The van der Waals surface area contributed by atoms with Crippen molar-refractivity contribution in [1.29, 1.82) is 0 Å². The highest BCUT2D eigenvalue weighted by molar-refractivity contribution is 5.75. The summed E-state index contributed by atoms with van der Waals surface area (Å²) in [4.78, 5) is 32.2. The molecule has 0 bridgehead atoms. The number of rotatable bonds is 9. The molecule has 0 unspecified atom stereocenters. The van der Waals surface area contributed by atoms with Crippen molar-refractivity contribution < 1.29 is 19.2 Å². The Bertz CT molecular complexity index is 500. The van der Waals surface area contributed by atoms with Crippen LogP contribution in [0.4, 0.5) is 5.82 Å². The Morgan fingerprint density at radius 2 is 2.19 bits per heavy atom. The molecule has 0 atom stereocenters. The third-order valence-electron chi connectivity index (χ3n) is 2.73. The molecule has 21 heavy (non-hydrogen) atoms. The number of carbonyl (C=O) groups excluding carboxylic acids is 2. The Balaban J connectivity index is 2.13. The maximum Gasteiger partial charge on any atom is 0.389 e. The number of ether oxygens (including phenoxy) is 1. The summed E-state index contributed by atoms with van der Waals surface area (Å²) < 4.78 is 5.73. The summed E-state index contributed by atoms with van der Waals surface area (Å²) in [5.41, 5.74) is 0. The van der Waals surface area contributed by atoms with Gasteiger partial charge < -0.3 is 20.2 Å². The average molecular weight is 298 g/mol. The van der Waals surface area contributed by atoms with Crippen LogP contribution in [0.3, 0.4) is 0 Å². The highest BCUT2D eigenvalue weighted by Crippen LogP contribution is 2.04. The molecule has 0 radical (unpaired) electrons. The largest absolute Gasteiger partial charge is 0.469 e. The minimum absolute atomic E-state index is 0.0595. The summed E-state index contributed by atoms with van der Waals surface area (Å²) in [6.45, 7) is 0.430. The van der Waals surface area contributed by atoms with Gasteiger partial charge in [-0.15, -0.1) is 0 Å². The standard InChI is InChI=1S/C12H18N4O5/c1-21-12(18)5-3-2-4-7-13-11(17)9-15-8-6-10(14-15)16(19)20/h6,8H,2-5,7,9H2,1H3,(H,13,17). The van der Waals surface area contributed by atoms with E-state index in [9.17, 15) is 19.7 Å². The molecular formula is C12H18N4O5. The predicted octanol–water partition coefficient (Wildman–Crippen LogP) is 0.641. The third-order valence-corrected chi connectivity index (χ3v) is 2.73. The second kappa shape index (κ2) is 8.67. The van der Waals surface area contributed by atoms with Gasteiger partial charge in [-0.1, -0.05) is 6.42 Å². The molecule has 0 aliphatic heterocycles. The molecular weight excluding hydrogens is 280 g/mol. The van der Waals surface area contributed by atoms with Gasteiger partial charge in [0.25, 0.3) is 0 Å². The van der Waals surface area contributed by atoms with Gasteiger partial charge >= 0.3 is 11.8 Å². The quantitative estimate of drug-likeness (QED) is 0.309. The van der Waals surface area contributed by atoms with E-state index in [1.165, 1.54) is 24.1 Å². The molecule has 1 heterocycles. The number of hydrogen-bond acceptors (Lipinski definition) is 6. The van der Waals surface area contributed by atoms with E-state index in [4.69, 9.17) is 0 Å². The lowest BCUT2D eigenvalue weighted by Gasteiger charge is -2.04. The normalized spacial score (nSPS) is 10.1. The monoisotopic (exact) mass is 298 g/mol. The SMILES string of the molecule is COC(=O)CCCCCNC(=O)Cn1ccc([N+](=O)[O-])n1. The van der Waals surface area contributed by atoms with Crippen LogP contribution in [0.15, 0.2) is 12.3 Å². The van der Waals surface area contributed by atoms with Crippen molar-refractivity contribution in [2.24, 2.45) is 0 Å². The number of nitrogens with one attached hydrogen (secondary N) is 1. The number of amides is 1. The summed E-state index contributed by atoms with van der Waals surface area (Å²) in [5, 5.41) is 16.8. The molecule has 9 heteroatoms. The summed E-state index contributed by atoms with van der Waals surface area (Å²) in [7, 11) is 1.35. The van der Waals surface area contributed by atoms with Gasteiger partial charge in [-0.05, 0) is 17.8 Å². The topological polar surface area (TPSA) is 116 Å². The smallest absolute Gasteiger partial charge is 0.389 e. The lowest BCUT2D eigenvalue weighted by molar-refractivity contribution is -0.389. The van der Waals surface area contributed by atoms with Crippen LogP contribution in [0.5, 0.6) is 0 Å². The fourth-order valence-electron chi connectivity index (χ4n) is 1.64. The molecule has 9 nitrogen and oxygen atoms in total. The minimum Gasteiger partial charge on any atom is -0.469 e. The lowest BCUT2D eigenvalue weighted by atomic mass is 10.2. The molecule has 0 saturated carbocycles. The van der Waals surface area contributed by atoms with E-state index in [1.807, 2.05) is 0 Å². The Hall–Kier alpha value is -2.45. The fourth-order valence-corrected chi connectivity index (χ4v) is 1.64. The first-order valence-corrected chi connectivity index (χ1v) is 6.54. The van der Waals surface area contributed by atoms with Gasteiger partial charge in [0.15, 0.2) is 0 Å². The Labute approximate surface area is 121 Å². The van der Waals surface area contributed by atoms with Crippen molar-refractivity contribution in [3.8, 4) is 0 Å². The molecule has 0 saturated heterocycles. The summed E-state index contributed by atoms with van der Waals surface area (Å²) in [5.74, 6) is -0.786. The Morgan fingerprint density at radius 1 is 1.43 bits per heavy atom. The molecule has 0 aliphatic carbocycles. The van der Waals surface area contributed by atoms with Gasteiger partial charge in [0, 0.05) is 13.0 Å². The number of hydrogen-bond donors (Lipinski definition) is 1. The second-order valence-electron chi connectivity index (χ2n) is 4.37. The molecule has 0 aliphatic rings. The van der Waals surface area contributed by atoms with E-state index in [1.54, 1.807) is 0 Å². The van der Waals surface area contributed by atoms with E-state index in [0.29, 0.717) is 19.4 Å². The van der Waals surface area contributed by atoms with Crippen LogP contribution in [-0.4, -0.2) is 40.2 Å². The molecule has 116 valence electrons. The number of nitrogens with zero attached hydrogens (tertiary/aromatic N) is 3. The maximum absolute atomic E-state index is 11.6. The highest BCUT2D eigenvalue weighted by atomic mass is 16.6. The van der Waals surface area contributed by atoms with Crippen molar-refractivity contribution in [2.45, 2.75) is 32.2 Å². The summed E-state index contributed by atoms with van der Waals surface area (Å²) in [6, 6.07) is 1.24. The molecule has 1 amide bonds. The van der Waals surface area contributed by atoms with Crippen LogP contribution in [-0.2, 0) is 20.9 Å². The van der Waals surface area contributed by atoms with Crippen molar-refractivity contribution in [1.82, 2.24) is 15.1 Å². The zero-order valence-electron chi connectivity index (χ0n) is 11.8. The first-order chi connectivity index (χ1) is 10.0. The first-order valence-electron chi connectivity index (χ1n) is 6.54. The Morgan fingerprint density at radius 3 is 2.81 bits per heavy atom. The first kappa shape index (κ1) is 16.6. The lowest BCUT2D eigenvalue weighted by Crippen LogP contribution is -2.28. The number of methoxy groups -OCH3 is 1. The van der Waals surface area contributed by atoms with Crippen LogP contribution >= 0.6 is 0 Å². The van der Waals surface area contributed by atoms with Crippen LogP contribution in [0.25, 0.3) is 0 Å². The number of carbonyl (C=O) groups is 2. The predicted molar refractivity (Wildman–Crippen MR) is 72.4 cm³/mol. The van der Waals surface area contributed by atoms with E-state index >= 15 is 0 Å². The molecule has 0 fully saturated rings. The van der Waals surface area contributed by atoms with Gasteiger partial charge in [0.2, 0.25) is 5.91 Å². The van der Waals surface area contributed by atoms with Crippen molar-refractivity contribution in [3.63, 3.8) is 0 Å². The van der Waals surface area contributed by atoms with Crippen LogP contribution in [0, 0.1) is 10.1 Å². The number of nitro groups is 1. The van der Waals surface area contributed by atoms with Crippen molar-refractivity contribution in [3.05, 3.63) is 22.4 Å². The molecule has 1 aromatic rings. The highest BCUT2D eigenvalue weighted by Gasteiger charge is 2.12. The van der Waals surface area contributed by atoms with Crippen LogP contribution in [0.1, 0.15) is 25.7 Å². The van der Waals surface area contributed by atoms with Gasteiger partial charge in [-0.25, -0.2) is 0 Å². The third kappa shape index (κ3) is 6.50. The van der Waals surface area contributed by atoms with E-state index in [0.717, 1.165) is 12.8 Å². The number of esters is 1. The molecule has 1 N–H and O–H groups in total. The van der Waals surface area contributed by atoms with Crippen LogP contribution in [0.2, 0.25) is 0 Å². The number of unbranched alkanes of at least 4 members (excludes halogenated alkanes) is 2. The Kier molecular flexibility index (Phi) is 6.85. The zero-order chi connectivity index (χ0) is 15.7. The second-order valence-corrected chi connectivity index (χ2v) is 4.37. The molecule has 0 spiro atoms. The van der Waals surface area contributed by atoms with Crippen molar-refractivity contribution >= 4 is 17.7 Å². The molecule has 1 rings (SSSR count). The van der Waals surface area contributed by atoms with E-state index < -0.39 is 4.92 Å². The molecule has 0 aromatic carbocycles. The van der Waals surface area contributed by atoms with Gasteiger partial charge in [0.1, 0.15) is 6.54 Å².